The third kappa shape index (κ3) is 2.61. The van der Waals surface area contributed by atoms with Crippen LogP contribution in [-0.2, 0) is 4.79 Å². The van der Waals surface area contributed by atoms with Gasteiger partial charge >= 0.3 is 0 Å². The maximum absolute atomic E-state index is 12.0. The van der Waals surface area contributed by atoms with E-state index in [4.69, 9.17) is 11.6 Å². The number of carbonyl (C=O) groups excluding carboxylic acids is 1. The normalized spacial score (nSPS) is 19.2. The summed E-state index contributed by atoms with van der Waals surface area (Å²) < 4.78 is 0. The minimum atomic E-state index is -0.694. The highest BCUT2D eigenvalue weighted by molar-refractivity contribution is 6.30. The number of rotatable bonds is 4. The van der Waals surface area contributed by atoms with Gasteiger partial charge in [0.2, 0.25) is 5.91 Å². The maximum atomic E-state index is 12.0. The van der Waals surface area contributed by atoms with Gasteiger partial charge in [-0.25, -0.2) is 0 Å². The Bertz CT molecular complexity index is 384. The third-order valence-corrected chi connectivity index (χ3v) is 3.77. The molecule has 0 heterocycles. The molecule has 1 atom stereocenters. The highest BCUT2D eigenvalue weighted by atomic mass is 35.5. The number of aliphatic hydroxyl groups excluding tert-OH is 1. The SMILES string of the molecule is O=C(NC1(CO)CCC1)C(Cl)c1ccccc1. The Morgan fingerprint density at radius 2 is 2.06 bits per heavy atom. The minimum Gasteiger partial charge on any atom is -0.394 e. The predicted molar refractivity (Wildman–Crippen MR) is 66.8 cm³/mol. The van der Waals surface area contributed by atoms with E-state index in [2.05, 4.69) is 5.32 Å². The molecule has 1 aliphatic rings. The van der Waals surface area contributed by atoms with E-state index in [0.717, 1.165) is 24.8 Å². The molecule has 1 saturated carbocycles. The van der Waals surface area contributed by atoms with Crippen molar-refractivity contribution in [3.63, 3.8) is 0 Å². The summed E-state index contributed by atoms with van der Waals surface area (Å²) in [6, 6.07) is 9.23. The fourth-order valence-corrected chi connectivity index (χ4v) is 2.22. The maximum Gasteiger partial charge on any atom is 0.243 e. The van der Waals surface area contributed by atoms with Crippen LogP contribution in [0.25, 0.3) is 0 Å². The fraction of sp³-hybridized carbons (Fsp3) is 0.462. The van der Waals surface area contributed by atoms with Crippen LogP contribution in [0.1, 0.15) is 30.2 Å². The molecule has 3 nitrogen and oxygen atoms in total. The lowest BCUT2D eigenvalue weighted by molar-refractivity contribution is -0.124. The van der Waals surface area contributed by atoms with Crippen LogP contribution in [0.2, 0.25) is 0 Å². The summed E-state index contributed by atoms with van der Waals surface area (Å²) >= 11 is 6.11. The van der Waals surface area contributed by atoms with E-state index in [1.807, 2.05) is 30.3 Å². The van der Waals surface area contributed by atoms with E-state index in [9.17, 15) is 9.90 Å². The summed E-state index contributed by atoms with van der Waals surface area (Å²) in [5.41, 5.74) is 0.345. The van der Waals surface area contributed by atoms with Crippen molar-refractivity contribution in [2.24, 2.45) is 0 Å². The molecule has 1 aliphatic carbocycles. The van der Waals surface area contributed by atoms with E-state index in [-0.39, 0.29) is 12.5 Å². The van der Waals surface area contributed by atoms with Gasteiger partial charge in [0.1, 0.15) is 5.38 Å². The van der Waals surface area contributed by atoms with E-state index in [1.165, 1.54) is 0 Å². The second-order valence-electron chi connectivity index (χ2n) is 4.55. The largest absolute Gasteiger partial charge is 0.394 e. The van der Waals surface area contributed by atoms with Crippen LogP contribution in [0.15, 0.2) is 30.3 Å². The molecule has 0 bridgehead atoms. The summed E-state index contributed by atoms with van der Waals surface area (Å²) in [5, 5.41) is 11.4. The number of carbonyl (C=O) groups is 1. The quantitative estimate of drug-likeness (QED) is 0.807. The van der Waals surface area contributed by atoms with Crippen molar-refractivity contribution in [2.45, 2.75) is 30.2 Å². The molecule has 2 N–H and O–H groups in total. The van der Waals surface area contributed by atoms with Crippen molar-refractivity contribution < 1.29 is 9.90 Å². The minimum absolute atomic E-state index is 0.0167. The first kappa shape index (κ1) is 12.4. The highest BCUT2D eigenvalue weighted by Crippen LogP contribution is 2.32. The Morgan fingerprint density at radius 1 is 1.41 bits per heavy atom. The second-order valence-corrected chi connectivity index (χ2v) is 4.99. The zero-order chi connectivity index (χ0) is 12.3. The molecule has 4 heteroatoms. The molecule has 1 aromatic carbocycles. The monoisotopic (exact) mass is 253 g/mol. The van der Waals surface area contributed by atoms with E-state index in [1.54, 1.807) is 0 Å². The lowest BCUT2D eigenvalue weighted by Gasteiger charge is -2.41. The molecular weight excluding hydrogens is 238 g/mol. The molecule has 1 unspecified atom stereocenters. The Kier molecular flexibility index (Phi) is 3.69. The summed E-state index contributed by atoms with van der Waals surface area (Å²) in [6.45, 7) is -0.0167. The molecule has 1 fully saturated rings. The first-order valence-electron chi connectivity index (χ1n) is 5.79. The van der Waals surface area contributed by atoms with Gasteiger partial charge in [-0.05, 0) is 24.8 Å². The zero-order valence-corrected chi connectivity index (χ0v) is 10.3. The number of amides is 1. The van der Waals surface area contributed by atoms with Crippen molar-refractivity contribution in [3.8, 4) is 0 Å². The summed E-state index contributed by atoms with van der Waals surface area (Å²) in [5.74, 6) is -0.230. The van der Waals surface area contributed by atoms with E-state index >= 15 is 0 Å². The number of benzene rings is 1. The first-order chi connectivity index (χ1) is 8.17. The second kappa shape index (κ2) is 5.07. The van der Waals surface area contributed by atoms with Crippen molar-refractivity contribution >= 4 is 17.5 Å². The van der Waals surface area contributed by atoms with Crippen molar-refractivity contribution in [1.82, 2.24) is 5.32 Å². The van der Waals surface area contributed by atoms with Crippen molar-refractivity contribution in [2.75, 3.05) is 6.61 Å². The molecule has 0 saturated heterocycles. The molecule has 2 rings (SSSR count). The number of hydrogen-bond donors (Lipinski definition) is 2. The van der Waals surface area contributed by atoms with E-state index in [0.29, 0.717) is 0 Å². The van der Waals surface area contributed by atoms with Crippen LogP contribution in [0.3, 0.4) is 0 Å². The van der Waals surface area contributed by atoms with Crippen LogP contribution < -0.4 is 5.32 Å². The van der Waals surface area contributed by atoms with Gasteiger partial charge in [-0.2, -0.15) is 0 Å². The van der Waals surface area contributed by atoms with Crippen LogP contribution >= 0.6 is 11.6 Å². The molecule has 0 aliphatic heterocycles. The topological polar surface area (TPSA) is 49.3 Å². The van der Waals surface area contributed by atoms with Gasteiger partial charge in [0.15, 0.2) is 0 Å². The van der Waals surface area contributed by atoms with Gasteiger partial charge in [0.25, 0.3) is 0 Å². The molecule has 92 valence electrons. The lowest BCUT2D eigenvalue weighted by atomic mass is 9.77. The zero-order valence-electron chi connectivity index (χ0n) is 9.53. The van der Waals surface area contributed by atoms with Gasteiger partial charge in [-0.15, -0.1) is 11.6 Å². The molecule has 17 heavy (non-hydrogen) atoms. The number of hydrogen-bond acceptors (Lipinski definition) is 2. The van der Waals surface area contributed by atoms with Gasteiger partial charge in [-0.1, -0.05) is 30.3 Å². The lowest BCUT2D eigenvalue weighted by Crippen LogP contribution is -2.56. The van der Waals surface area contributed by atoms with Crippen molar-refractivity contribution in [1.29, 1.82) is 0 Å². The van der Waals surface area contributed by atoms with Gasteiger partial charge in [0, 0.05) is 0 Å². The first-order valence-corrected chi connectivity index (χ1v) is 6.22. The Hall–Kier alpha value is -1.06. The molecular formula is C13H16ClNO2. The predicted octanol–water partition coefficient (Wildman–Crippen LogP) is 2.00. The molecule has 1 amide bonds. The molecule has 0 radical (unpaired) electrons. The average Bonchev–Trinajstić information content (AvgIpc) is 2.33. The number of nitrogens with one attached hydrogen (secondary N) is 1. The fourth-order valence-electron chi connectivity index (χ4n) is 2.02. The standard InChI is InChI=1S/C13H16ClNO2/c14-11(10-5-2-1-3-6-10)12(17)15-13(9-16)7-4-8-13/h1-3,5-6,11,16H,4,7-9H2,(H,15,17). The van der Waals surface area contributed by atoms with Crippen molar-refractivity contribution in [3.05, 3.63) is 35.9 Å². The van der Waals surface area contributed by atoms with Crippen LogP contribution in [0.5, 0.6) is 0 Å². The Labute approximate surface area is 106 Å². The summed E-state index contributed by atoms with van der Waals surface area (Å²) in [4.78, 5) is 12.0. The van der Waals surface area contributed by atoms with Gasteiger partial charge in [-0.3, -0.25) is 4.79 Å². The van der Waals surface area contributed by atoms with Crippen LogP contribution in [0.4, 0.5) is 0 Å². The number of alkyl halides is 1. The van der Waals surface area contributed by atoms with E-state index < -0.39 is 10.9 Å². The summed E-state index contributed by atoms with van der Waals surface area (Å²) in [6.07, 6.45) is 2.69. The third-order valence-electron chi connectivity index (χ3n) is 3.32. The Morgan fingerprint density at radius 3 is 2.53 bits per heavy atom. The molecule has 0 spiro atoms. The number of halogens is 1. The van der Waals surface area contributed by atoms with Gasteiger partial charge in [0.05, 0.1) is 12.1 Å². The summed E-state index contributed by atoms with van der Waals surface area (Å²) in [7, 11) is 0. The van der Waals surface area contributed by atoms with Crippen LogP contribution in [-0.4, -0.2) is 23.2 Å². The molecule has 0 aromatic heterocycles. The van der Waals surface area contributed by atoms with Gasteiger partial charge < -0.3 is 10.4 Å². The Balaban J connectivity index is 2.01. The highest BCUT2D eigenvalue weighted by Gasteiger charge is 2.38. The smallest absolute Gasteiger partial charge is 0.243 e. The average molecular weight is 254 g/mol. The number of aliphatic hydroxyl groups is 1. The molecule has 1 aromatic rings. The van der Waals surface area contributed by atoms with Crippen LogP contribution in [0, 0.1) is 0 Å².